The van der Waals surface area contributed by atoms with E-state index in [9.17, 15) is 10.1 Å². The molecule has 18 heavy (non-hydrogen) atoms. The number of nitrogens with zero attached hydrogens (tertiary/aromatic N) is 1. The van der Waals surface area contributed by atoms with Crippen molar-refractivity contribution in [2.24, 2.45) is 5.92 Å². The zero-order valence-corrected chi connectivity index (χ0v) is 11.0. The van der Waals surface area contributed by atoms with Gasteiger partial charge >= 0.3 is 0 Å². The van der Waals surface area contributed by atoms with Crippen LogP contribution >= 0.6 is 0 Å². The molecule has 4 heteroatoms. The van der Waals surface area contributed by atoms with Crippen LogP contribution in [-0.2, 0) is 0 Å². The fourth-order valence-electron chi connectivity index (χ4n) is 2.89. The Morgan fingerprint density at radius 3 is 2.89 bits per heavy atom. The zero-order chi connectivity index (χ0) is 13.1. The first-order valence-corrected chi connectivity index (χ1v) is 6.64. The molecule has 0 aromatic heterocycles. The number of nitro benzene ring substituents is 1. The molecular weight excluding hydrogens is 228 g/mol. The van der Waals surface area contributed by atoms with Gasteiger partial charge in [0.1, 0.15) is 0 Å². The molecule has 4 nitrogen and oxygen atoms in total. The summed E-state index contributed by atoms with van der Waals surface area (Å²) in [6.07, 6.45) is 4.86. The van der Waals surface area contributed by atoms with Crippen molar-refractivity contribution in [1.29, 1.82) is 0 Å². The Kier molecular flexibility index (Phi) is 3.84. The van der Waals surface area contributed by atoms with Crippen LogP contribution in [0.2, 0.25) is 0 Å². The Bertz CT molecular complexity index is 445. The van der Waals surface area contributed by atoms with E-state index >= 15 is 0 Å². The Morgan fingerprint density at radius 1 is 1.44 bits per heavy atom. The highest BCUT2D eigenvalue weighted by atomic mass is 16.6. The minimum absolute atomic E-state index is 0.200. The molecular formula is C14H20N2O2. The second kappa shape index (κ2) is 5.38. The molecule has 0 heterocycles. The number of rotatable bonds is 4. The maximum Gasteiger partial charge on any atom is 0.274 e. The molecule has 1 saturated carbocycles. The molecule has 1 aliphatic carbocycles. The van der Waals surface area contributed by atoms with E-state index in [2.05, 4.69) is 12.2 Å². The highest BCUT2D eigenvalue weighted by Crippen LogP contribution is 2.33. The van der Waals surface area contributed by atoms with Gasteiger partial charge in [0.05, 0.1) is 4.92 Å². The summed E-state index contributed by atoms with van der Waals surface area (Å²) >= 11 is 0. The van der Waals surface area contributed by atoms with Crippen LogP contribution < -0.4 is 5.32 Å². The summed E-state index contributed by atoms with van der Waals surface area (Å²) in [5, 5.41) is 14.4. The van der Waals surface area contributed by atoms with Crippen molar-refractivity contribution in [2.45, 2.75) is 45.6 Å². The van der Waals surface area contributed by atoms with Gasteiger partial charge in [-0.1, -0.05) is 25.8 Å². The minimum Gasteiger partial charge on any atom is -0.382 e. The second-order valence-electron chi connectivity index (χ2n) is 5.06. The van der Waals surface area contributed by atoms with Gasteiger partial charge < -0.3 is 5.32 Å². The summed E-state index contributed by atoms with van der Waals surface area (Å²) in [5.41, 5.74) is 1.85. The first kappa shape index (κ1) is 12.9. The average Bonchev–Trinajstić information content (AvgIpc) is 2.78. The lowest BCUT2D eigenvalue weighted by Crippen LogP contribution is -2.23. The van der Waals surface area contributed by atoms with Gasteiger partial charge in [-0.3, -0.25) is 10.1 Å². The Labute approximate surface area is 108 Å². The van der Waals surface area contributed by atoms with Crippen molar-refractivity contribution in [3.8, 4) is 0 Å². The summed E-state index contributed by atoms with van der Waals surface area (Å²) in [4.78, 5) is 10.6. The predicted octanol–water partition coefficient (Wildman–Crippen LogP) is 3.89. The van der Waals surface area contributed by atoms with Crippen molar-refractivity contribution in [1.82, 2.24) is 0 Å². The summed E-state index contributed by atoms with van der Waals surface area (Å²) in [6, 6.07) is 5.72. The summed E-state index contributed by atoms with van der Waals surface area (Å²) < 4.78 is 0. The Morgan fingerprint density at radius 2 is 2.22 bits per heavy atom. The van der Waals surface area contributed by atoms with Gasteiger partial charge in [-0.15, -0.1) is 0 Å². The molecule has 1 fully saturated rings. The van der Waals surface area contributed by atoms with Crippen molar-refractivity contribution >= 4 is 11.4 Å². The molecule has 1 aromatic rings. The lowest BCUT2D eigenvalue weighted by molar-refractivity contribution is -0.385. The van der Waals surface area contributed by atoms with Crippen molar-refractivity contribution in [3.63, 3.8) is 0 Å². The number of hydrogen-bond acceptors (Lipinski definition) is 3. The summed E-state index contributed by atoms with van der Waals surface area (Å²) in [7, 11) is 0. The van der Waals surface area contributed by atoms with Crippen LogP contribution in [0.3, 0.4) is 0 Å². The third-order valence-electron chi connectivity index (χ3n) is 4.03. The third kappa shape index (κ3) is 2.47. The van der Waals surface area contributed by atoms with Gasteiger partial charge in [-0.05, 0) is 31.7 Å². The lowest BCUT2D eigenvalue weighted by atomic mass is 10.00. The van der Waals surface area contributed by atoms with Gasteiger partial charge in [0, 0.05) is 23.4 Å². The van der Waals surface area contributed by atoms with Gasteiger partial charge in [-0.2, -0.15) is 0 Å². The molecule has 0 aliphatic heterocycles. The fraction of sp³-hybridized carbons (Fsp3) is 0.571. The van der Waals surface area contributed by atoms with Crippen LogP contribution in [0.5, 0.6) is 0 Å². The van der Waals surface area contributed by atoms with Crippen molar-refractivity contribution < 1.29 is 4.92 Å². The number of benzene rings is 1. The van der Waals surface area contributed by atoms with E-state index in [1.54, 1.807) is 12.1 Å². The second-order valence-corrected chi connectivity index (χ2v) is 5.06. The summed E-state index contributed by atoms with van der Waals surface area (Å²) in [6.45, 7) is 4.03. The molecule has 1 aromatic carbocycles. The van der Waals surface area contributed by atoms with E-state index in [4.69, 9.17) is 0 Å². The zero-order valence-electron chi connectivity index (χ0n) is 11.0. The van der Waals surface area contributed by atoms with Crippen LogP contribution in [0, 0.1) is 23.0 Å². The van der Waals surface area contributed by atoms with E-state index < -0.39 is 0 Å². The van der Waals surface area contributed by atoms with Crippen LogP contribution in [0.25, 0.3) is 0 Å². The fourth-order valence-corrected chi connectivity index (χ4v) is 2.89. The molecule has 0 spiro atoms. The molecule has 1 N–H and O–H groups in total. The average molecular weight is 248 g/mol. The maximum absolute atomic E-state index is 10.9. The van der Waals surface area contributed by atoms with Gasteiger partial charge in [-0.25, -0.2) is 0 Å². The number of nitro groups is 1. The van der Waals surface area contributed by atoms with E-state index in [0.29, 0.717) is 12.0 Å². The predicted molar refractivity (Wildman–Crippen MR) is 72.9 cm³/mol. The Hall–Kier alpha value is -1.58. The topological polar surface area (TPSA) is 55.2 Å². The maximum atomic E-state index is 10.9. The third-order valence-corrected chi connectivity index (χ3v) is 4.03. The molecule has 0 bridgehead atoms. The highest BCUT2D eigenvalue weighted by molar-refractivity contribution is 5.60. The van der Waals surface area contributed by atoms with Gasteiger partial charge in [0.15, 0.2) is 0 Å². The van der Waals surface area contributed by atoms with Gasteiger partial charge in [0.25, 0.3) is 5.69 Å². The SMILES string of the molecule is CCC1CCCC1Nc1cccc([N+](=O)[O-])c1C. The normalized spacial score (nSPS) is 23.0. The van der Waals surface area contributed by atoms with Crippen LogP contribution in [-0.4, -0.2) is 11.0 Å². The van der Waals surface area contributed by atoms with E-state index in [-0.39, 0.29) is 10.6 Å². The molecule has 2 rings (SSSR count). The van der Waals surface area contributed by atoms with Crippen LogP contribution in [0.4, 0.5) is 11.4 Å². The Balaban J connectivity index is 2.19. The lowest BCUT2D eigenvalue weighted by Gasteiger charge is -2.21. The van der Waals surface area contributed by atoms with Crippen LogP contribution in [0.1, 0.15) is 38.2 Å². The van der Waals surface area contributed by atoms with E-state index in [0.717, 1.165) is 11.3 Å². The smallest absolute Gasteiger partial charge is 0.274 e. The first-order chi connectivity index (χ1) is 8.63. The largest absolute Gasteiger partial charge is 0.382 e. The molecule has 1 aliphatic rings. The van der Waals surface area contributed by atoms with E-state index in [1.807, 2.05) is 13.0 Å². The number of anilines is 1. The molecule has 0 radical (unpaired) electrons. The standard InChI is InChI=1S/C14H20N2O2/c1-3-11-6-4-8-13(11)15-12-7-5-9-14(10(12)2)16(17)18/h5,7,9,11,13,15H,3-4,6,8H2,1-2H3. The number of hydrogen-bond donors (Lipinski definition) is 1. The van der Waals surface area contributed by atoms with Crippen molar-refractivity contribution in [2.75, 3.05) is 5.32 Å². The molecule has 98 valence electrons. The highest BCUT2D eigenvalue weighted by Gasteiger charge is 2.26. The first-order valence-electron chi connectivity index (χ1n) is 6.64. The molecule has 0 saturated heterocycles. The summed E-state index contributed by atoms with van der Waals surface area (Å²) in [5.74, 6) is 0.698. The minimum atomic E-state index is -0.313. The van der Waals surface area contributed by atoms with Gasteiger partial charge in [0.2, 0.25) is 0 Å². The molecule has 0 amide bonds. The van der Waals surface area contributed by atoms with Crippen molar-refractivity contribution in [3.05, 3.63) is 33.9 Å². The van der Waals surface area contributed by atoms with Crippen LogP contribution in [0.15, 0.2) is 18.2 Å². The quantitative estimate of drug-likeness (QED) is 0.649. The monoisotopic (exact) mass is 248 g/mol. The molecule has 2 unspecified atom stereocenters. The molecule has 2 atom stereocenters. The van der Waals surface area contributed by atoms with E-state index in [1.165, 1.54) is 25.7 Å². The number of nitrogens with one attached hydrogen (secondary N) is 1.